The van der Waals surface area contributed by atoms with Crippen molar-refractivity contribution >= 4 is 17.5 Å². The molecule has 0 fully saturated rings. The number of rotatable bonds is 6. The van der Waals surface area contributed by atoms with E-state index in [1.165, 1.54) is 0 Å². The molecule has 0 unspecified atom stereocenters. The lowest BCUT2D eigenvalue weighted by Gasteiger charge is -2.17. The molecule has 0 radical (unpaired) electrons. The van der Waals surface area contributed by atoms with Crippen LogP contribution in [0.25, 0.3) is 0 Å². The molecule has 2 aromatic heterocycles. The number of hydrogen-bond donors (Lipinski definition) is 1. The van der Waals surface area contributed by atoms with Gasteiger partial charge in [-0.25, -0.2) is 4.98 Å². The molecule has 1 N–H and O–H groups in total. The summed E-state index contributed by atoms with van der Waals surface area (Å²) in [5.41, 5.74) is 3.35. The van der Waals surface area contributed by atoms with Crippen LogP contribution in [-0.4, -0.2) is 40.3 Å². The second-order valence-corrected chi connectivity index (χ2v) is 6.56. The Labute approximate surface area is 164 Å². The van der Waals surface area contributed by atoms with E-state index in [4.69, 9.17) is 0 Å². The zero-order valence-electron chi connectivity index (χ0n) is 15.9. The van der Waals surface area contributed by atoms with E-state index in [1.54, 1.807) is 42.5 Å². The van der Waals surface area contributed by atoms with Crippen LogP contribution in [0.4, 0.5) is 5.69 Å². The first-order chi connectivity index (χ1) is 13.5. The first kappa shape index (κ1) is 19.2. The number of carbonyl (C=O) groups is 2. The molecule has 6 heteroatoms. The minimum absolute atomic E-state index is 0.203. The molecule has 0 saturated carbocycles. The average Bonchev–Trinajstić information content (AvgIpc) is 2.74. The molecule has 0 saturated heterocycles. The van der Waals surface area contributed by atoms with Gasteiger partial charge in [0.25, 0.3) is 11.8 Å². The summed E-state index contributed by atoms with van der Waals surface area (Å²) in [6.45, 7) is 2.53. The Morgan fingerprint density at radius 2 is 1.64 bits per heavy atom. The summed E-state index contributed by atoms with van der Waals surface area (Å²) < 4.78 is 0. The number of nitrogens with zero attached hydrogens (tertiary/aromatic N) is 3. The first-order valence-corrected chi connectivity index (χ1v) is 9.02. The standard InChI is InChI=1S/C22H22N4O2/c1-16-6-8-18(9-7-16)24-21(27)19-4-3-5-20(25-19)22(28)26(2)15-12-17-10-13-23-14-11-17/h3-11,13-14H,12,15H2,1-2H3,(H,24,27). The number of aromatic nitrogens is 2. The molecule has 0 bridgehead atoms. The number of carbonyl (C=O) groups excluding carboxylic acids is 2. The van der Waals surface area contributed by atoms with E-state index in [9.17, 15) is 9.59 Å². The molecule has 2 amide bonds. The van der Waals surface area contributed by atoms with Crippen molar-refractivity contribution in [3.8, 4) is 0 Å². The maximum atomic E-state index is 12.7. The van der Waals surface area contributed by atoms with E-state index in [-0.39, 0.29) is 23.2 Å². The zero-order valence-corrected chi connectivity index (χ0v) is 15.9. The van der Waals surface area contributed by atoms with Gasteiger partial charge >= 0.3 is 0 Å². The van der Waals surface area contributed by atoms with Crippen molar-refractivity contribution in [1.82, 2.24) is 14.9 Å². The minimum Gasteiger partial charge on any atom is -0.340 e. The van der Waals surface area contributed by atoms with Gasteiger partial charge in [-0.1, -0.05) is 23.8 Å². The van der Waals surface area contributed by atoms with Gasteiger partial charge in [0.05, 0.1) is 0 Å². The quantitative estimate of drug-likeness (QED) is 0.718. The third-order valence-corrected chi connectivity index (χ3v) is 4.34. The van der Waals surface area contributed by atoms with Gasteiger partial charge in [-0.2, -0.15) is 0 Å². The Kier molecular flexibility index (Phi) is 6.11. The van der Waals surface area contributed by atoms with Crippen LogP contribution in [0.5, 0.6) is 0 Å². The Bertz CT molecular complexity index is 956. The zero-order chi connectivity index (χ0) is 19.9. The predicted octanol–water partition coefficient (Wildman–Crippen LogP) is 3.35. The van der Waals surface area contributed by atoms with E-state index in [0.717, 1.165) is 17.5 Å². The van der Waals surface area contributed by atoms with Crippen molar-refractivity contribution < 1.29 is 9.59 Å². The number of pyridine rings is 2. The fourth-order valence-corrected chi connectivity index (χ4v) is 2.66. The van der Waals surface area contributed by atoms with Crippen molar-refractivity contribution in [1.29, 1.82) is 0 Å². The maximum Gasteiger partial charge on any atom is 0.274 e. The highest BCUT2D eigenvalue weighted by Crippen LogP contribution is 2.11. The molecule has 3 aromatic rings. The van der Waals surface area contributed by atoms with Crippen molar-refractivity contribution in [2.45, 2.75) is 13.3 Å². The van der Waals surface area contributed by atoms with E-state index in [0.29, 0.717) is 12.2 Å². The average molecular weight is 374 g/mol. The second-order valence-electron chi connectivity index (χ2n) is 6.56. The molecule has 0 atom stereocenters. The van der Waals surface area contributed by atoms with Crippen molar-refractivity contribution in [3.63, 3.8) is 0 Å². The van der Waals surface area contributed by atoms with Crippen molar-refractivity contribution in [3.05, 3.63) is 89.5 Å². The van der Waals surface area contributed by atoms with Gasteiger partial charge in [-0.05, 0) is 55.3 Å². The highest BCUT2D eigenvalue weighted by atomic mass is 16.2. The van der Waals surface area contributed by atoms with Gasteiger partial charge in [0.1, 0.15) is 11.4 Å². The lowest BCUT2D eigenvalue weighted by atomic mass is 10.2. The van der Waals surface area contributed by atoms with Crippen LogP contribution < -0.4 is 5.32 Å². The SMILES string of the molecule is Cc1ccc(NC(=O)c2cccc(C(=O)N(C)CCc3ccncc3)n2)cc1. The second kappa shape index (κ2) is 8.90. The highest BCUT2D eigenvalue weighted by Gasteiger charge is 2.16. The largest absolute Gasteiger partial charge is 0.340 e. The lowest BCUT2D eigenvalue weighted by Crippen LogP contribution is -2.30. The van der Waals surface area contributed by atoms with Gasteiger partial charge in [-0.3, -0.25) is 14.6 Å². The summed E-state index contributed by atoms with van der Waals surface area (Å²) in [5.74, 6) is -0.572. The Hall–Kier alpha value is -3.54. The van der Waals surface area contributed by atoms with Crippen LogP contribution in [-0.2, 0) is 6.42 Å². The fraction of sp³-hybridized carbons (Fsp3) is 0.182. The Balaban J connectivity index is 1.65. The van der Waals surface area contributed by atoms with Crippen LogP contribution in [0, 0.1) is 6.92 Å². The number of amides is 2. The summed E-state index contributed by atoms with van der Waals surface area (Å²) in [6.07, 6.45) is 4.18. The van der Waals surface area contributed by atoms with Gasteiger partial charge in [0, 0.05) is 31.7 Å². The summed E-state index contributed by atoms with van der Waals surface area (Å²) in [4.78, 5) is 34.9. The summed E-state index contributed by atoms with van der Waals surface area (Å²) in [6, 6.07) is 16.2. The smallest absolute Gasteiger partial charge is 0.274 e. The minimum atomic E-state index is -0.349. The van der Waals surface area contributed by atoms with Crippen molar-refractivity contribution in [2.75, 3.05) is 18.9 Å². The summed E-state index contributed by atoms with van der Waals surface area (Å²) in [7, 11) is 1.73. The number of likely N-dealkylation sites (N-methyl/N-ethyl adjacent to an activating group) is 1. The van der Waals surface area contributed by atoms with E-state index in [2.05, 4.69) is 15.3 Å². The molecule has 0 spiro atoms. The third-order valence-electron chi connectivity index (χ3n) is 4.34. The molecule has 142 valence electrons. The van der Waals surface area contributed by atoms with E-state index < -0.39 is 0 Å². The molecule has 0 aliphatic carbocycles. The third kappa shape index (κ3) is 5.01. The summed E-state index contributed by atoms with van der Waals surface area (Å²) >= 11 is 0. The molecule has 6 nitrogen and oxygen atoms in total. The number of hydrogen-bond acceptors (Lipinski definition) is 4. The molecule has 0 aliphatic heterocycles. The van der Waals surface area contributed by atoms with Crippen LogP contribution in [0.2, 0.25) is 0 Å². The molecule has 2 heterocycles. The number of benzene rings is 1. The van der Waals surface area contributed by atoms with Crippen LogP contribution >= 0.6 is 0 Å². The van der Waals surface area contributed by atoms with Crippen molar-refractivity contribution in [2.24, 2.45) is 0 Å². The number of anilines is 1. The molecule has 3 rings (SSSR count). The fourth-order valence-electron chi connectivity index (χ4n) is 2.66. The predicted molar refractivity (Wildman–Crippen MR) is 108 cm³/mol. The number of aryl methyl sites for hydroxylation is 1. The molecular formula is C22H22N4O2. The van der Waals surface area contributed by atoms with E-state index >= 15 is 0 Å². The van der Waals surface area contributed by atoms with Gasteiger partial charge in [0.2, 0.25) is 0 Å². The topological polar surface area (TPSA) is 75.2 Å². The normalized spacial score (nSPS) is 10.4. The van der Waals surface area contributed by atoms with E-state index in [1.807, 2.05) is 43.3 Å². The van der Waals surface area contributed by atoms with Gasteiger partial charge in [-0.15, -0.1) is 0 Å². The molecule has 1 aromatic carbocycles. The summed E-state index contributed by atoms with van der Waals surface area (Å²) in [5, 5.41) is 2.80. The maximum absolute atomic E-state index is 12.7. The van der Waals surface area contributed by atoms with Crippen LogP contribution in [0.3, 0.4) is 0 Å². The highest BCUT2D eigenvalue weighted by molar-refractivity contribution is 6.03. The molecule has 0 aliphatic rings. The van der Waals surface area contributed by atoms with Gasteiger partial charge < -0.3 is 10.2 Å². The molecular weight excluding hydrogens is 352 g/mol. The first-order valence-electron chi connectivity index (χ1n) is 9.02. The monoisotopic (exact) mass is 374 g/mol. The van der Waals surface area contributed by atoms with Crippen LogP contribution in [0.1, 0.15) is 32.1 Å². The Morgan fingerprint density at radius 1 is 0.964 bits per heavy atom. The lowest BCUT2D eigenvalue weighted by molar-refractivity contribution is 0.0790. The van der Waals surface area contributed by atoms with Gasteiger partial charge in [0.15, 0.2) is 0 Å². The van der Waals surface area contributed by atoms with Crippen LogP contribution in [0.15, 0.2) is 67.0 Å². The Morgan fingerprint density at radius 3 is 2.36 bits per heavy atom. The number of nitrogens with one attached hydrogen (secondary N) is 1. The molecule has 28 heavy (non-hydrogen) atoms.